The molecule has 0 aromatic carbocycles. The highest BCUT2D eigenvalue weighted by Gasteiger charge is 2.09. The summed E-state index contributed by atoms with van der Waals surface area (Å²) in [6.07, 6.45) is 2.87. The lowest BCUT2D eigenvalue weighted by Gasteiger charge is -2.04. The smallest absolute Gasteiger partial charge is 0.226 e. The molecule has 2 heterocycles. The van der Waals surface area contributed by atoms with Gasteiger partial charge in [-0.1, -0.05) is 19.9 Å². The van der Waals surface area contributed by atoms with Crippen LogP contribution in [0.2, 0.25) is 0 Å². The molecule has 2 rings (SSSR count). The Morgan fingerprint density at radius 2 is 2.05 bits per heavy atom. The second-order valence-electron chi connectivity index (χ2n) is 4.33. The van der Waals surface area contributed by atoms with Crippen molar-refractivity contribution in [2.24, 2.45) is 0 Å². The standard InChI is InChI=1S/C14H17N3OS.C2H6/c1-10-13(17-11(2)19-10)9-14(18)16-8-6-12-5-3-4-7-15-12;1-2/h3-5,7H,6,8-9H2,1-2H3,(H,16,18);1-2H3. The Balaban J connectivity index is 0.00000106. The second-order valence-corrected chi connectivity index (χ2v) is 5.74. The van der Waals surface area contributed by atoms with Crippen LogP contribution in [0.15, 0.2) is 24.4 Å². The number of nitrogens with one attached hydrogen (secondary N) is 1. The minimum Gasteiger partial charge on any atom is -0.355 e. The molecule has 0 fully saturated rings. The number of carbonyl (C=O) groups is 1. The zero-order valence-electron chi connectivity index (χ0n) is 13.1. The van der Waals surface area contributed by atoms with Crippen molar-refractivity contribution in [3.05, 3.63) is 45.7 Å². The second kappa shape index (κ2) is 9.23. The van der Waals surface area contributed by atoms with Gasteiger partial charge in [0.15, 0.2) is 0 Å². The van der Waals surface area contributed by atoms with E-state index in [1.54, 1.807) is 17.5 Å². The molecule has 2 aromatic rings. The van der Waals surface area contributed by atoms with Crippen LogP contribution >= 0.6 is 11.3 Å². The fraction of sp³-hybridized carbons (Fsp3) is 0.438. The van der Waals surface area contributed by atoms with Crippen molar-refractivity contribution in [3.63, 3.8) is 0 Å². The Morgan fingerprint density at radius 1 is 1.29 bits per heavy atom. The summed E-state index contributed by atoms with van der Waals surface area (Å²) in [6, 6.07) is 5.79. The van der Waals surface area contributed by atoms with Crippen molar-refractivity contribution in [3.8, 4) is 0 Å². The summed E-state index contributed by atoms with van der Waals surface area (Å²) in [5.41, 5.74) is 1.88. The third-order valence-electron chi connectivity index (χ3n) is 2.76. The number of aryl methyl sites for hydroxylation is 2. The molecule has 0 unspecified atom stereocenters. The number of carbonyl (C=O) groups excluding carboxylic acids is 1. The minimum absolute atomic E-state index is 0.0179. The van der Waals surface area contributed by atoms with Gasteiger partial charge in [0.25, 0.3) is 0 Å². The Morgan fingerprint density at radius 3 is 2.62 bits per heavy atom. The lowest BCUT2D eigenvalue weighted by atomic mass is 10.2. The molecule has 0 atom stereocenters. The van der Waals surface area contributed by atoms with Gasteiger partial charge in [-0.2, -0.15) is 0 Å². The van der Waals surface area contributed by atoms with E-state index in [0.29, 0.717) is 13.0 Å². The van der Waals surface area contributed by atoms with E-state index in [9.17, 15) is 4.79 Å². The van der Waals surface area contributed by atoms with Crippen LogP contribution in [0.1, 0.15) is 35.1 Å². The molecule has 4 nitrogen and oxygen atoms in total. The van der Waals surface area contributed by atoms with Crippen LogP contribution in [0, 0.1) is 13.8 Å². The third-order valence-corrected chi connectivity index (χ3v) is 3.69. The van der Waals surface area contributed by atoms with Crippen molar-refractivity contribution in [1.29, 1.82) is 0 Å². The molecule has 1 amide bonds. The van der Waals surface area contributed by atoms with Crippen molar-refractivity contribution in [2.45, 2.75) is 40.5 Å². The minimum atomic E-state index is 0.0179. The molecule has 5 heteroatoms. The first-order valence-electron chi connectivity index (χ1n) is 7.24. The fourth-order valence-electron chi connectivity index (χ4n) is 1.83. The summed E-state index contributed by atoms with van der Waals surface area (Å²) >= 11 is 1.63. The van der Waals surface area contributed by atoms with Gasteiger partial charge in [0.2, 0.25) is 5.91 Å². The van der Waals surface area contributed by atoms with Crippen molar-refractivity contribution in [2.75, 3.05) is 6.54 Å². The average molecular weight is 305 g/mol. The van der Waals surface area contributed by atoms with E-state index in [0.717, 1.165) is 27.7 Å². The molecule has 114 valence electrons. The maximum absolute atomic E-state index is 11.8. The van der Waals surface area contributed by atoms with E-state index in [-0.39, 0.29) is 5.91 Å². The lowest BCUT2D eigenvalue weighted by Crippen LogP contribution is -2.27. The first-order valence-corrected chi connectivity index (χ1v) is 8.06. The maximum atomic E-state index is 11.8. The average Bonchev–Trinajstić information content (AvgIpc) is 2.80. The molecule has 0 spiro atoms. The van der Waals surface area contributed by atoms with Gasteiger partial charge in [-0.3, -0.25) is 9.78 Å². The van der Waals surface area contributed by atoms with Crippen LogP contribution in [0.3, 0.4) is 0 Å². The van der Waals surface area contributed by atoms with Crippen LogP contribution in [0.25, 0.3) is 0 Å². The van der Waals surface area contributed by atoms with Gasteiger partial charge in [-0.15, -0.1) is 11.3 Å². The highest BCUT2D eigenvalue weighted by molar-refractivity contribution is 7.11. The number of aromatic nitrogens is 2. The Labute approximate surface area is 130 Å². The molecule has 0 bridgehead atoms. The molecule has 0 radical (unpaired) electrons. The Hall–Kier alpha value is -1.75. The summed E-state index contributed by atoms with van der Waals surface area (Å²) < 4.78 is 0. The monoisotopic (exact) mass is 305 g/mol. The summed E-state index contributed by atoms with van der Waals surface area (Å²) in [7, 11) is 0. The van der Waals surface area contributed by atoms with E-state index in [4.69, 9.17) is 0 Å². The zero-order valence-corrected chi connectivity index (χ0v) is 14.0. The quantitative estimate of drug-likeness (QED) is 0.923. The molecular formula is C16H23N3OS. The van der Waals surface area contributed by atoms with Gasteiger partial charge < -0.3 is 5.32 Å². The van der Waals surface area contributed by atoms with Gasteiger partial charge in [0, 0.05) is 29.7 Å². The predicted molar refractivity (Wildman–Crippen MR) is 87.6 cm³/mol. The van der Waals surface area contributed by atoms with Gasteiger partial charge in [-0.25, -0.2) is 4.98 Å². The summed E-state index contributed by atoms with van der Waals surface area (Å²) in [6.45, 7) is 8.57. The van der Waals surface area contributed by atoms with Crippen LogP contribution in [-0.2, 0) is 17.6 Å². The normalized spacial score (nSPS) is 9.71. The summed E-state index contributed by atoms with van der Waals surface area (Å²) in [5, 5.41) is 3.91. The molecule has 0 aliphatic rings. The van der Waals surface area contributed by atoms with Crippen molar-refractivity contribution in [1.82, 2.24) is 15.3 Å². The summed E-state index contributed by atoms with van der Waals surface area (Å²) in [4.78, 5) is 21.5. The first-order chi connectivity index (χ1) is 10.1. The van der Waals surface area contributed by atoms with E-state index in [1.165, 1.54) is 0 Å². The van der Waals surface area contributed by atoms with Crippen LogP contribution < -0.4 is 5.32 Å². The molecule has 0 aliphatic heterocycles. The maximum Gasteiger partial charge on any atom is 0.226 e. The number of nitrogens with zero attached hydrogens (tertiary/aromatic N) is 2. The third kappa shape index (κ3) is 6.04. The molecule has 21 heavy (non-hydrogen) atoms. The Bertz CT molecular complexity index is 552. The van der Waals surface area contributed by atoms with Gasteiger partial charge >= 0.3 is 0 Å². The molecular weight excluding hydrogens is 282 g/mol. The van der Waals surface area contributed by atoms with Crippen molar-refractivity contribution >= 4 is 17.2 Å². The number of pyridine rings is 1. The molecule has 1 N–H and O–H groups in total. The first kappa shape index (κ1) is 17.3. The molecule has 0 aliphatic carbocycles. The highest BCUT2D eigenvalue weighted by Crippen LogP contribution is 2.16. The zero-order chi connectivity index (χ0) is 15.7. The largest absolute Gasteiger partial charge is 0.355 e. The summed E-state index contributed by atoms with van der Waals surface area (Å²) in [5.74, 6) is 0.0179. The van der Waals surface area contributed by atoms with E-state index >= 15 is 0 Å². The number of thiazole rings is 1. The number of rotatable bonds is 5. The number of hydrogen-bond donors (Lipinski definition) is 1. The van der Waals surface area contributed by atoms with Gasteiger partial charge in [-0.05, 0) is 26.0 Å². The predicted octanol–water partition coefficient (Wildman–Crippen LogP) is 3.08. The van der Waals surface area contributed by atoms with Gasteiger partial charge in [0.1, 0.15) is 0 Å². The highest BCUT2D eigenvalue weighted by atomic mass is 32.1. The SMILES string of the molecule is CC.Cc1nc(CC(=O)NCCc2ccccn2)c(C)s1. The van der Waals surface area contributed by atoms with Crippen LogP contribution in [0.5, 0.6) is 0 Å². The fourth-order valence-corrected chi connectivity index (χ4v) is 2.66. The number of hydrogen-bond acceptors (Lipinski definition) is 4. The van der Waals surface area contributed by atoms with Gasteiger partial charge in [0.05, 0.1) is 17.1 Å². The number of amides is 1. The van der Waals surface area contributed by atoms with Crippen LogP contribution in [0.4, 0.5) is 0 Å². The topological polar surface area (TPSA) is 54.9 Å². The molecule has 0 saturated carbocycles. The molecule has 2 aromatic heterocycles. The van der Waals surface area contributed by atoms with Crippen molar-refractivity contribution < 1.29 is 4.79 Å². The van der Waals surface area contributed by atoms with E-state index in [1.807, 2.05) is 45.9 Å². The van der Waals surface area contributed by atoms with E-state index in [2.05, 4.69) is 15.3 Å². The van der Waals surface area contributed by atoms with E-state index < -0.39 is 0 Å². The lowest BCUT2D eigenvalue weighted by molar-refractivity contribution is -0.120. The van der Waals surface area contributed by atoms with Crippen LogP contribution in [-0.4, -0.2) is 22.4 Å². The molecule has 0 saturated heterocycles. The Kier molecular flexibility index (Phi) is 7.61.